The van der Waals surface area contributed by atoms with E-state index >= 15 is 0 Å². The highest BCUT2D eigenvalue weighted by Crippen LogP contribution is 2.26. The molecule has 1 aliphatic carbocycles. The Bertz CT molecular complexity index is 394. The summed E-state index contributed by atoms with van der Waals surface area (Å²) in [5, 5.41) is 12.7. The molecule has 17 heavy (non-hydrogen) atoms. The zero-order chi connectivity index (χ0) is 12.1. The van der Waals surface area contributed by atoms with Crippen LogP contribution in [-0.4, -0.2) is 6.04 Å². The van der Waals surface area contributed by atoms with Crippen LogP contribution in [0.5, 0.6) is 0 Å². The van der Waals surface area contributed by atoms with Crippen LogP contribution in [0, 0.1) is 17.2 Å². The molecule has 2 rings (SSSR count). The fraction of sp³-hybridized carbons (Fsp3) is 0.500. The van der Waals surface area contributed by atoms with Gasteiger partial charge in [-0.1, -0.05) is 35.2 Å². The van der Waals surface area contributed by atoms with Crippen LogP contribution in [0.3, 0.4) is 0 Å². The van der Waals surface area contributed by atoms with E-state index in [1.807, 2.05) is 12.1 Å². The summed E-state index contributed by atoms with van der Waals surface area (Å²) in [5.41, 5.74) is 1.11. The first-order valence-electron chi connectivity index (χ1n) is 6.21. The summed E-state index contributed by atoms with van der Waals surface area (Å²) in [6.45, 7) is 0. The lowest BCUT2D eigenvalue weighted by molar-refractivity contribution is 0.514. The number of nitrogens with one attached hydrogen (secondary N) is 1. The number of hydrogen-bond donors (Lipinski definition) is 1. The summed E-state index contributed by atoms with van der Waals surface area (Å²) in [6, 6.07) is 10.9. The quantitative estimate of drug-likeness (QED) is 0.824. The summed E-state index contributed by atoms with van der Waals surface area (Å²) < 4.78 is 1.08. The number of nitrogens with zero attached hydrogens (tertiary/aromatic N) is 1. The molecule has 0 aliphatic heterocycles. The van der Waals surface area contributed by atoms with Gasteiger partial charge in [-0.25, -0.2) is 0 Å². The number of anilines is 1. The van der Waals surface area contributed by atoms with E-state index in [1.54, 1.807) is 0 Å². The average Bonchev–Trinajstić information content (AvgIpc) is 2.57. The molecule has 0 heterocycles. The predicted molar refractivity (Wildman–Crippen MR) is 73.7 cm³/mol. The summed E-state index contributed by atoms with van der Waals surface area (Å²) in [5.74, 6) is 0.154. The van der Waals surface area contributed by atoms with Gasteiger partial charge < -0.3 is 5.32 Å². The Hall–Kier alpha value is -1.01. The largest absolute Gasteiger partial charge is 0.381 e. The van der Waals surface area contributed by atoms with Crippen molar-refractivity contribution in [2.24, 2.45) is 5.92 Å². The van der Waals surface area contributed by atoms with Gasteiger partial charge in [-0.05, 0) is 37.1 Å². The molecule has 0 aromatic heterocycles. The second-order valence-corrected chi connectivity index (χ2v) is 5.55. The maximum atomic E-state index is 9.21. The SMILES string of the molecule is N#CC1CCCCCC1Nc1ccc(Br)cc1. The van der Waals surface area contributed by atoms with Crippen LogP contribution < -0.4 is 5.32 Å². The number of hydrogen-bond acceptors (Lipinski definition) is 2. The third kappa shape index (κ3) is 3.47. The van der Waals surface area contributed by atoms with Crippen LogP contribution >= 0.6 is 15.9 Å². The molecule has 2 atom stereocenters. The third-order valence-corrected chi connectivity index (χ3v) is 3.91. The van der Waals surface area contributed by atoms with E-state index in [-0.39, 0.29) is 5.92 Å². The van der Waals surface area contributed by atoms with Crippen LogP contribution in [0.4, 0.5) is 5.69 Å². The van der Waals surface area contributed by atoms with Crippen molar-refractivity contribution in [2.45, 2.75) is 38.1 Å². The van der Waals surface area contributed by atoms with Gasteiger partial charge in [-0.15, -0.1) is 0 Å². The molecule has 0 radical (unpaired) electrons. The smallest absolute Gasteiger partial charge is 0.0677 e. The number of rotatable bonds is 2. The minimum atomic E-state index is 0.154. The van der Waals surface area contributed by atoms with E-state index in [1.165, 1.54) is 19.3 Å². The summed E-state index contributed by atoms with van der Waals surface area (Å²) >= 11 is 3.43. The molecule has 1 aromatic carbocycles. The zero-order valence-corrected chi connectivity index (χ0v) is 11.4. The van der Waals surface area contributed by atoms with E-state index in [0.717, 1.165) is 23.0 Å². The number of benzene rings is 1. The lowest BCUT2D eigenvalue weighted by atomic mass is 9.96. The Morgan fingerprint density at radius 3 is 2.53 bits per heavy atom. The zero-order valence-electron chi connectivity index (χ0n) is 9.82. The van der Waals surface area contributed by atoms with E-state index < -0.39 is 0 Å². The standard InChI is InChI=1S/C14H17BrN2/c15-12-6-8-13(9-7-12)17-14-5-3-1-2-4-11(14)10-16/h6-9,11,14,17H,1-5H2. The molecule has 2 nitrogen and oxygen atoms in total. The fourth-order valence-electron chi connectivity index (χ4n) is 2.40. The van der Waals surface area contributed by atoms with Gasteiger partial charge in [0.05, 0.1) is 12.0 Å². The van der Waals surface area contributed by atoms with Crippen LogP contribution in [0.1, 0.15) is 32.1 Å². The van der Waals surface area contributed by atoms with Crippen molar-refractivity contribution in [2.75, 3.05) is 5.32 Å². The molecule has 3 heteroatoms. The minimum Gasteiger partial charge on any atom is -0.381 e. The molecule has 0 amide bonds. The van der Waals surface area contributed by atoms with Gasteiger partial charge in [0.25, 0.3) is 0 Å². The lowest BCUT2D eigenvalue weighted by Crippen LogP contribution is -2.27. The first kappa shape index (κ1) is 12.4. The molecule has 2 unspecified atom stereocenters. The van der Waals surface area contributed by atoms with Crippen molar-refractivity contribution in [3.05, 3.63) is 28.7 Å². The topological polar surface area (TPSA) is 35.8 Å². The van der Waals surface area contributed by atoms with Crippen molar-refractivity contribution >= 4 is 21.6 Å². The van der Waals surface area contributed by atoms with Crippen LogP contribution in [-0.2, 0) is 0 Å². The molecule has 0 bridgehead atoms. The third-order valence-electron chi connectivity index (χ3n) is 3.38. The van der Waals surface area contributed by atoms with Gasteiger partial charge in [-0.3, -0.25) is 0 Å². The van der Waals surface area contributed by atoms with Gasteiger partial charge in [0.1, 0.15) is 0 Å². The van der Waals surface area contributed by atoms with Gasteiger partial charge in [0, 0.05) is 16.2 Å². The molecule has 1 N–H and O–H groups in total. The number of halogens is 1. The normalized spacial score (nSPS) is 24.7. The summed E-state index contributed by atoms with van der Waals surface area (Å²) in [4.78, 5) is 0. The molecule has 0 spiro atoms. The van der Waals surface area contributed by atoms with Crippen molar-refractivity contribution in [1.82, 2.24) is 0 Å². The first-order chi connectivity index (χ1) is 8.29. The molecule has 1 aromatic rings. The molecule has 0 saturated heterocycles. The van der Waals surface area contributed by atoms with Gasteiger partial charge in [0.2, 0.25) is 0 Å². The van der Waals surface area contributed by atoms with E-state index in [4.69, 9.17) is 0 Å². The predicted octanol–water partition coefficient (Wildman–Crippen LogP) is 4.33. The van der Waals surface area contributed by atoms with Crippen molar-refractivity contribution in [3.63, 3.8) is 0 Å². The summed E-state index contributed by atoms with van der Waals surface area (Å²) in [6.07, 6.45) is 5.82. The van der Waals surface area contributed by atoms with E-state index in [0.29, 0.717) is 6.04 Å². The first-order valence-corrected chi connectivity index (χ1v) is 7.00. The monoisotopic (exact) mass is 292 g/mol. The van der Waals surface area contributed by atoms with Gasteiger partial charge in [0.15, 0.2) is 0 Å². The average molecular weight is 293 g/mol. The molecular formula is C14H17BrN2. The van der Waals surface area contributed by atoms with E-state index in [9.17, 15) is 5.26 Å². The summed E-state index contributed by atoms with van der Waals surface area (Å²) in [7, 11) is 0. The minimum absolute atomic E-state index is 0.154. The Balaban J connectivity index is 2.05. The van der Waals surface area contributed by atoms with Crippen LogP contribution in [0.15, 0.2) is 28.7 Å². The van der Waals surface area contributed by atoms with Gasteiger partial charge in [-0.2, -0.15) is 5.26 Å². The molecule has 90 valence electrons. The van der Waals surface area contributed by atoms with Gasteiger partial charge >= 0.3 is 0 Å². The lowest BCUT2D eigenvalue weighted by Gasteiger charge is -2.22. The maximum Gasteiger partial charge on any atom is 0.0677 e. The Kier molecular flexibility index (Phi) is 4.44. The highest BCUT2D eigenvalue weighted by molar-refractivity contribution is 9.10. The maximum absolute atomic E-state index is 9.21. The highest BCUT2D eigenvalue weighted by atomic mass is 79.9. The molecule has 1 aliphatic rings. The van der Waals surface area contributed by atoms with Crippen molar-refractivity contribution in [1.29, 1.82) is 5.26 Å². The van der Waals surface area contributed by atoms with Crippen molar-refractivity contribution in [3.8, 4) is 6.07 Å². The second-order valence-electron chi connectivity index (χ2n) is 4.63. The second kappa shape index (κ2) is 6.07. The molecule has 1 fully saturated rings. The van der Waals surface area contributed by atoms with E-state index in [2.05, 4.69) is 39.4 Å². The van der Waals surface area contributed by atoms with Crippen LogP contribution in [0.2, 0.25) is 0 Å². The molecule has 1 saturated carbocycles. The Morgan fingerprint density at radius 1 is 1.12 bits per heavy atom. The number of nitriles is 1. The highest BCUT2D eigenvalue weighted by Gasteiger charge is 2.23. The Labute approximate surface area is 111 Å². The Morgan fingerprint density at radius 2 is 1.82 bits per heavy atom. The van der Waals surface area contributed by atoms with Crippen molar-refractivity contribution < 1.29 is 0 Å². The molecular weight excluding hydrogens is 276 g/mol. The van der Waals surface area contributed by atoms with Crippen LogP contribution in [0.25, 0.3) is 0 Å². The fourth-order valence-corrected chi connectivity index (χ4v) is 2.66.